The summed E-state index contributed by atoms with van der Waals surface area (Å²) in [6.45, 7) is 4.65. The summed E-state index contributed by atoms with van der Waals surface area (Å²) in [5.74, 6) is -0.178. The molecule has 0 fully saturated rings. The highest BCUT2D eigenvalue weighted by Crippen LogP contribution is 2.47. The number of allylic oxidation sites excluding steroid dienone is 3. The molecule has 3 aromatic carbocycles. The van der Waals surface area contributed by atoms with Crippen LogP contribution in [0.4, 0.5) is 0 Å². The average Bonchev–Trinajstić information content (AvgIpc) is 2.95. The summed E-state index contributed by atoms with van der Waals surface area (Å²) in [5, 5.41) is 3.44. The first-order valence-electron chi connectivity index (χ1n) is 13.3. The van der Waals surface area contributed by atoms with Gasteiger partial charge < -0.3 is 14.8 Å². The van der Waals surface area contributed by atoms with Crippen LogP contribution < -0.4 is 10.1 Å². The molecule has 38 heavy (non-hydrogen) atoms. The molecule has 0 unspecified atom stereocenters. The SMILES string of the molecule is CCCOc1ccccc1[C@@H]1C(C(=O)OCc2ccccc2)=C(C)NC2=C1C(=O)C[C@H](c1ccccc1)C2. The van der Waals surface area contributed by atoms with Crippen molar-refractivity contribution in [1.82, 2.24) is 5.32 Å². The second-order valence-electron chi connectivity index (χ2n) is 9.88. The molecule has 0 bridgehead atoms. The van der Waals surface area contributed by atoms with E-state index in [-0.39, 0.29) is 18.3 Å². The van der Waals surface area contributed by atoms with Crippen molar-refractivity contribution in [3.05, 3.63) is 124 Å². The zero-order chi connectivity index (χ0) is 26.5. The Labute approximate surface area is 224 Å². The number of dihydropyridines is 1. The molecule has 2 atom stereocenters. The normalized spacial score (nSPS) is 19.1. The smallest absolute Gasteiger partial charge is 0.337 e. The molecule has 5 nitrogen and oxygen atoms in total. The Morgan fingerprint density at radius 3 is 2.34 bits per heavy atom. The zero-order valence-electron chi connectivity index (χ0n) is 21.9. The topological polar surface area (TPSA) is 64.6 Å². The first-order chi connectivity index (χ1) is 18.6. The lowest BCUT2D eigenvalue weighted by molar-refractivity contribution is -0.140. The van der Waals surface area contributed by atoms with E-state index < -0.39 is 11.9 Å². The van der Waals surface area contributed by atoms with Gasteiger partial charge in [0.25, 0.3) is 0 Å². The molecule has 1 aliphatic carbocycles. The summed E-state index contributed by atoms with van der Waals surface area (Å²) < 4.78 is 11.9. The Bertz CT molecular complexity index is 1370. The molecule has 2 aliphatic rings. The van der Waals surface area contributed by atoms with Crippen LogP contribution in [0.3, 0.4) is 0 Å². The average molecular weight is 508 g/mol. The van der Waals surface area contributed by atoms with Gasteiger partial charge in [0.1, 0.15) is 12.4 Å². The van der Waals surface area contributed by atoms with E-state index in [4.69, 9.17) is 9.47 Å². The second kappa shape index (κ2) is 11.5. The van der Waals surface area contributed by atoms with Gasteiger partial charge in [-0.1, -0.05) is 85.8 Å². The number of carbonyl (C=O) groups is 2. The van der Waals surface area contributed by atoms with Gasteiger partial charge in [0.2, 0.25) is 0 Å². The number of hydrogen-bond donors (Lipinski definition) is 1. The fraction of sp³-hybridized carbons (Fsp3) is 0.273. The van der Waals surface area contributed by atoms with Crippen molar-refractivity contribution in [3.63, 3.8) is 0 Å². The highest BCUT2D eigenvalue weighted by molar-refractivity contribution is 6.04. The van der Waals surface area contributed by atoms with Crippen LogP contribution in [0.25, 0.3) is 0 Å². The lowest BCUT2D eigenvalue weighted by atomic mass is 9.71. The first-order valence-corrected chi connectivity index (χ1v) is 13.3. The predicted molar refractivity (Wildman–Crippen MR) is 147 cm³/mol. The van der Waals surface area contributed by atoms with E-state index in [0.29, 0.717) is 42.0 Å². The number of benzene rings is 3. The predicted octanol–water partition coefficient (Wildman–Crippen LogP) is 6.58. The van der Waals surface area contributed by atoms with Crippen molar-refractivity contribution in [3.8, 4) is 5.75 Å². The maximum Gasteiger partial charge on any atom is 0.337 e. The van der Waals surface area contributed by atoms with Gasteiger partial charge in [-0.25, -0.2) is 4.79 Å². The van der Waals surface area contributed by atoms with Crippen molar-refractivity contribution in [2.45, 2.75) is 51.6 Å². The summed E-state index contributed by atoms with van der Waals surface area (Å²) in [4.78, 5) is 27.5. The summed E-state index contributed by atoms with van der Waals surface area (Å²) in [6, 6.07) is 27.5. The van der Waals surface area contributed by atoms with Gasteiger partial charge in [-0.05, 0) is 42.9 Å². The van der Waals surface area contributed by atoms with Gasteiger partial charge in [-0.15, -0.1) is 0 Å². The number of hydrogen-bond acceptors (Lipinski definition) is 5. The van der Waals surface area contributed by atoms with E-state index in [9.17, 15) is 9.59 Å². The molecule has 0 saturated carbocycles. The number of Topliss-reactive ketones (excluding diaryl/α,β-unsaturated/α-hetero) is 1. The largest absolute Gasteiger partial charge is 0.493 e. The molecule has 0 spiro atoms. The number of esters is 1. The van der Waals surface area contributed by atoms with Crippen LogP contribution in [-0.2, 0) is 20.9 Å². The monoisotopic (exact) mass is 507 g/mol. The number of nitrogens with one attached hydrogen (secondary N) is 1. The van der Waals surface area contributed by atoms with Crippen molar-refractivity contribution in [2.24, 2.45) is 0 Å². The molecule has 3 aromatic rings. The molecule has 1 N–H and O–H groups in total. The molecule has 0 radical (unpaired) electrons. The van der Waals surface area contributed by atoms with Crippen molar-refractivity contribution in [2.75, 3.05) is 6.61 Å². The minimum absolute atomic E-state index is 0.0451. The molecule has 194 valence electrons. The van der Waals surface area contributed by atoms with Crippen LogP contribution in [0.2, 0.25) is 0 Å². The molecule has 0 aromatic heterocycles. The van der Waals surface area contributed by atoms with Gasteiger partial charge >= 0.3 is 5.97 Å². The number of para-hydroxylation sites is 1. The zero-order valence-corrected chi connectivity index (χ0v) is 21.9. The molecule has 5 heteroatoms. The molecule has 1 heterocycles. The Hall–Kier alpha value is -4.12. The van der Waals surface area contributed by atoms with Crippen LogP contribution in [-0.4, -0.2) is 18.4 Å². The molecular weight excluding hydrogens is 474 g/mol. The lowest BCUT2D eigenvalue weighted by Crippen LogP contribution is -2.36. The van der Waals surface area contributed by atoms with E-state index >= 15 is 0 Å². The number of ketones is 1. The number of carbonyl (C=O) groups excluding carboxylic acids is 2. The Kier molecular flexibility index (Phi) is 7.73. The third-order valence-corrected chi connectivity index (χ3v) is 7.22. The third kappa shape index (κ3) is 5.28. The molecular formula is C33H33NO4. The van der Waals surface area contributed by atoms with Crippen LogP contribution in [0, 0.1) is 0 Å². The summed E-state index contributed by atoms with van der Waals surface area (Å²) in [5.41, 5.74) is 5.55. The fourth-order valence-corrected chi connectivity index (χ4v) is 5.44. The van der Waals surface area contributed by atoms with Crippen molar-refractivity contribution in [1.29, 1.82) is 0 Å². The second-order valence-corrected chi connectivity index (χ2v) is 9.88. The van der Waals surface area contributed by atoms with Crippen molar-refractivity contribution < 1.29 is 19.1 Å². The molecule has 5 rings (SSSR count). The minimum atomic E-state index is -0.563. The van der Waals surface area contributed by atoms with Gasteiger partial charge in [0.05, 0.1) is 18.1 Å². The standard InChI is InChI=1S/C33H33NO4/c1-3-18-37-29-17-11-10-16-26(29)31-30(33(36)38-21-23-12-6-4-7-13-23)22(2)34-27-19-25(20-28(35)32(27)31)24-14-8-5-9-15-24/h4-17,25,31,34H,3,18-21H2,1-2H3/t25-,31-/m1/s1. The van der Waals surface area contributed by atoms with E-state index in [0.717, 1.165) is 28.8 Å². The highest BCUT2D eigenvalue weighted by atomic mass is 16.5. The van der Waals surface area contributed by atoms with E-state index in [1.807, 2.05) is 79.7 Å². The summed E-state index contributed by atoms with van der Waals surface area (Å²) in [7, 11) is 0. The first kappa shape index (κ1) is 25.5. The molecule has 1 aliphatic heterocycles. The van der Waals surface area contributed by atoms with Crippen molar-refractivity contribution >= 4 is 11.8 Å². The maximum absolute atomic E-state index is 13.9. The third-order valence-electron chi connectivity index (χ3n) is 7.22. The van der Waals surface area contributed by atoms with Gasteiger partial charge in [-0.3, -0.25) is 4.79 Å². The molecule has 0 amide bonds. The van der Waals surface area contributed by atoms with Gasteiger partial charge in [0.15, 0.2) is 5.78 Å². The van der Waals surface area contributed by atoms with Crippen LogP contribution in [0.1, 0.15) is 61.6 Å². The van der Waals surface area contributed by atoms with E-state index in [1.54, 1.807) is 0 Å². The van der Waals surface area contributed by atoms with Crippen LogP contribution in [0.15, 0.2) is 107 Å². The quantitative estimate of drug-likeness (QED) is 0.349. The Balaban J connectivity index is 1.55. The Morgan fingerprint density at radius 1 is 0.921 bits per heavy atom. The van der Waals surface area contributed by atoms with E-state index in [1.165, 1.54) is 0 Å². The molecule has 0 saturated heterocycles. The van der Waals surface area contributed by atoms with Gasteiger partial charge in [0, 0.05) is 29.0 Å². The van der Waals surface area contributed by atoms with Gasteiger partial charge in [-0.2, -0.15) is 0 Å². The fourth-order valence-electron chi connectivity index (χ4n) is 5.44. The number of ether oxygens (including phenoxy) is 2. The lowest BCUT2D eigenvalue weighted by Gasteiger charge is -2.37. The minimum Gasteiger partial charge on any atom is -0.493 e. The van der Waals surface area contributed by atoms with E-state index in [2.05, 4.69) is 24.4 Å². The highest BCUT2D eigenvalue weighted by Gasteiger charge is 2.42. The maximum atomic E-state index is 13.9. The Morgan fingerprint density at radius 2 is 1.61 bits per heavy atom. The number of rotatable bonds is 8. The summed E-state index contributed by atoms with van der Waals surface area (Å²) in [6.07, 6.45) is 1.95. The van der Waals surface area contributed by atoms with Crippen LogP contribution >= 0.6 is 0 Å². The van der Waals surface area contributed by atoms with Crippen LogP contribution in [0.5, 0.6) is 5.75 Å². The summed E-state index contributed by atoms with van der Waals surface area (Å²) >= 11 is 0.